The molecule has 0 aliphatic carbocycles. The van der Waals surface area contributed by atoms with Crippen molar-refractivity contribution >= 4 is 40.5 Å². The number of rotatable bonds is 2. The zero-order valence-electron chi connectivity index (χ0n) is 16.6. The molecule has 0 atom stereocenters. The summed E-state index contributed by atoms with van der Waals surface area (Å²) in [5.74, 6) is 1.21. The first kappa shape index (κ1) is 19.9. The molecule has 0 bridgehead atoms. The molecule has 3 heterocycles. The Morgan fingerprint density at radius 1 is 1.14 bits per heavy atom. The summed E-state index contributed by atoms with van der Waals surface area (Å²) in [5, 5.41) is 0.871. The van der Waals surface area contributed by atoms with E-state index in [1.165, 1.54) is 0 Å². The van der Waals surface area contributed by atoms with E-state index in [1.807, 2.05) is 49.6 Å². The van der Waals surface area contributed by atoms with Gasteiger partial charge in [-0.3, -0.25) is 0 Å². The molecular weight excluding hydrogens is 413 g/mol. The molecular formula is C20H21Cl2N5O2. The number of hydrogen-bond acceptors (Lipinski definition) is 5. The molecule has 1 aliphatic rings. The molecule has 7 nitrogen and oxygen atoms in total. The summed E-state index contributed by atoms with van der Waals surface area (Å²) >= 11 is 12.8. The van der Waals surface area contributed by atoms with Crippen LogP contribution in [0.1, 0.15) is 32.6 Å². The van der Waals surface area contributed by atoms with Gasteiger partial charge in [-0.1, -0.05) is 35.3 Å². The van der Waals surface area contributed by atoms with Crippen LogP contribution >= 0.6 is 23.2 Å². The van der Waals surface area contributed by atoms with Gasteiger partial charge in [0.05, 0.1) is 11.1 Å². The summed E-state index contributed by atoms with van der Waals surface area (Å²) in [6.07, 6.45) is -0.332. The van der Waals surface area contributed by atoms with E-state index in [1.54, 1.807) is 11.8 Å². The summed E-state index contributed by atoms with van der Waals surface area (Å²) in [5.41, 5.74) is 1.38. The molecule has 3 aromatic rings. The Morgan fingerprint density at radius 3 is 2.48 bits per heavy atom. The number of hydrogen-bond donors (Lipinski definition) is 0. The van der Waals surface area contributed by atoms with Crippen molar-refractivity contribution in [3.8, 4) is 11.4 Å². The number of aryl methyl sites for hydroxylation is 1. The predicted molar refractivity (Wildman–Crippen MR) is 112 cm³/mol. The molecule has 2 aromatic heterocycles. The molecule has 1 saturated heterocycles. The fourth-order valence-corrected chi connectivity index (χ4v) is 3.78. The summed E-state index contributed by atoms with van der Waals surface area (Å²) in [4.78, 5) is 27.5. The Bertz CT molecular complexity index is 1100. The summed E-state index contributed by atoms with van der Waals surface area (Å²) < 4.78 is 7.46. The van der Waals surface area contributed by atoms with Crippen LogP contribution in [0.15, 0.2) is 24.3 Å². The van der Waals surface area contributed by atoms with Crippen molar-refractivity contribution in [2.24, 2.45) is 0 Å². The zero-order valence-corrected chi connectivity index (χ0v) is 18.1. The first-order chi connectivity index (χ1) is 13.6. The van der Waals surface area contributed by atoms with Crippen molar-refractivity contribution in [2.45, 2.75) is 39.3 Å². The average molecular weight is 434 g/mol. The smallest absolute Gasteiger partial charge is 0.410 e. The largest absolute Gasteiger partial charge is 0.444 e. The number of likely N-dealkylation sites (tertiary alicyclic amines) is 1. The van der Waals surface area contributed by atoms with Crippen LogP contribution in [0.2, 0.25) is 10.2 Å². The van der Waals surface area contributed by atoms with E-state index >= 15 is 0 Å². The highest BCUT2D eigenvalue weighted by Crippen LogP contribution is 2.36. The normalized spacial score (nSPS) is 14.9. The van der Waals surface area contributed by atoms with Crippen molar-refractivity contribution in [1.82, 2.24) is 24.4 Å². The molecule has 4 rings (SSSR count). The minimum Gasteiger partial charge on any atom is -0.444 e. The zero-order chi connectivity index (χ0) is 20.9. The van der Waals surface area contributed by atoms with Crippen molar-refractivity contribution in [3.05, 3.63) is 40.3 Å². The van der Waals surface area contributed by atoms with E-state index in [2.05, 4.69) is 9.97 Å². The second-order valence-corrected chi connectivity index (χ2v) is 8.82. The van der Waals surface area contributed by atoms with E-state index in [4.69, 9.17) is 32.9 Å². The number of carbonyl (C=O) groups is 1. The number of halogens is 2. The number of benzene rings is 1. The minimum atomic E-state index is -0.537. The minimum absolute atomic E-state index is 0.0239. The van der Waals surface area contributed by atoms with E-state index in [0.717, 1.165) is 5.56 Å². The monoisotopic (exact) mass is 433 g/mol. The first-order valence-electron chi connectivity index (χ1n) is 9.29. The number of nitrogens with zero attached hydrogens (tertiary/aromatic N) is 5. The summed E-state index contributed by atoms with van der Waals surface area (Å²) in [6.45, 7) is 8.30. The third kappa shape index (κ3) is 3.76. The molecule has 1 aromatic carbocycles. The van der Waals surface area contributed by atoms with Gasteiger partial charge in [-0.2, -0.15) is 0 Å². The van der Waals surface area contributed by atoms with Gasteiger partial charge < -0.3 is 14.2 Å². The lowest BCUT2D eigenvalue weighted by Gasteiger charge is -2.40. The van der Waals surface area contributed by atoms with Gasteiger partial charge >= 0.3 is 6.09 Å². The molecule has 0 N–H and O–H groups in total. The Hall–Kier alpha value is -2.38. The van der Waals surface area contributed by atoms with Gasteiger partial charge in [0.2, 0.25) is 0 Å². The first-order valence-corrected chi connectivity index (χ1v) is 10.0. The van der Waals surface area contributed by atoms with E-state index in [0.29, 0.717) is 46.1 Å². The molecule has 152 valence electrons. The highest BCUT2D eigenvalue weighted by Gasteiger charge is 2.37. The van der Waals surface area contributed by atoms with Gasteiger partial charge in [0.1, 0.15) is 22.8 Å². The standard InChI is InChI=1S/C20H21Cl2N5O2/c1-11-23-16(22)15-18(24-11)27(17(25-15)13-7-5-6-8-14(13)21)12-9-26(10-12)19(28)29-20(2,3)4/h5-8,12H,9-10H2,1-4H3. The summed E-state index contributed by atoms with van der Waals surface area (Å²) in [7, 11) is 0. The van der Waals surface area contributed by atoms with Gasteiger partial charge in [-0.15, -0.1) is 0 Å². The van der Waals surface area contributed by atoms with Crippen LogP contribution in [0.25, 0.3) is 22.6 Å². The van der Waals surface area contributed by atoms with Gasteiger partial charge in [-0.25, -0.2) is 19.7 Å². The molecule has 9 heteroatoms. The molecule has 0 spiro atoms. The van der Waals surface area contributed by atoms with Gasteiger partial charge in [0, 0.05) is 18.7 Å². The second-order valence-electron chi connectivity index (χ2n) is 8.06. The molecule has 0 unspecified atom stereocenters. The van der Waals surface area contributed by atoms with Crippen LogP contribution < -0.4 is 0 Å². The van der Waals surface area contributed by atoms with E-state index < -0.39 is 5.60 Å². The van der Waals surface area contributed by atoms with Crippen LogP contribution in [-0.4, -0.2) is 49.2 Å². The van der Waals surface area contributed by atoms with E-state index in [9.17, 15) is 4.79 Å². The lowest BCUT2D eigenvalue weighted by Crippen LogP contribution is -2.52. The number of imidazole rings is 1. The Balaban J connectivity index is 1.75. The van der Waals surface area contributed by atoms with E-state index in [-0.39, 0.29) is 12.1 Å². The molecule has 1 amide bonds. The maximum atomic E-state index is 12.3. The third-order valence-electron chi connectivity index (χ3n) is 4.60. The third-order valence-corrected chi connectivity index (χ3v) is 5.20. The Labute approximate surface area is 178 Å². The van der Waals surface area contributed by atoms with Crippen molar-refractivity contribution < 1.29 is 9.53 Å². The maximum Gasteiger partial charge on any atom is 0.410 e. The number of aromatic nitrogens is 4. The molecule has 0 saturated carbocycles. The van der Waals surface area contributed by atoms with Crippen molar-refractivity contribution in [2.75, 3.05) is 13.1 Å². The highest BCUT2D eigenvalue weighted by atomic mass is 35.5. The van der Waals surface area contributed by atoms with Crippen molar-refractivity contribution in [3.63, 3.8) is 0 Å². The van der Waals surface area contributed by atoms with Crippen LogP contribution in [0, 0.1) is 6.92 Å². The molecule has 1 fully saturated rings. The maximum absolute atomic E-state index is 12.3. The van der Waals surface area contributed by atoms with Crippen molar-refractivity contribution in [1.29, 1.82) is 0 Å². The highest BCUT2D eigenvalue weighted by molar-refractivity contribution is 6.34. The molecule has 29 heavy (non-hydrogen) atoms. The number of fused-ring (bicyclic) bond motifs is 1. The predicted octanol–water partition coefficient (Wildman–Crippen LogP) is 4.90. The summed E-state index contributed by atoms with van der Waals surface area (Å²) in [6, 6.07) is 7.45. The van der Waals surface area contributed by atoms with Crippen LogP contribution in [0.4, 0.5) is 4.79 Å². The Morgan fingerprint density at radius 2 is 1.83 bits per heavy atom. The quantitative estimate of drug-likeness (QED) is 0.537. The molecule has 0 radical (unpaired) electrons. The fourth-order valence-electron chi connectivity index (χ4n) is 3.32. The number of carbonyl (C=O) groups excluding carboxylic acids is 1. The topological polar surface area (TPSA) is 73.1 Å². The number of ether oxygens (including phenoxy) is 1. The molecule has 1 aliphatic heterocycles. The van der Waals surface area contributed by atoms with Crippen LogP contribution in [0.3, 0.4) is 0 Å². The van der Waals surface area contributed by atoms with Gasteiger partial charge in [0.15, 0.2) is 10.8 Å². The lowest BCUT2D eigenvalue weighted by atomic mass is 10.1. The van der Waals surface area contributed by atoms with Crippen LogP contribution in [0.5, 0.6) is 0 Å². The average Bonchev–Trinajstić information content (AvgIpc) is 2.92. The Kier molecular flexibility index (Phi) is 4.91. The second kappa shape index (κ2) is 7.15. The number of amides is 1. The van der Waals surface area contributed by atoms with Crippen LogP contribution in [-0.2, 0) is 4.74 Å². The fraction of sp³-hybridized carbons (Fsp3) is 0.400. The van der Waals surface area contributed by atoms with Gasteiger partial charge in [-0.05, 0) is 39.8 Å². The van der Waals surface area contributed by atoms with Gasteiger partial charge in [0.25, 0.3) is 0 Å². The lowest BCUT2D eigenvalue weighted by molar-refractivity contribution is 0.00162. The SMILES string of the molecule is Cc1nc(Cl)c2nc(-c3ccccc3Cl)n(C3CN(C(=O)OC(C)(C)C)C3)c2n1.